The molecule has 2 N–H and O–H groups in total. The standard InChI is InChI=1S/C18H25NO/c1-3-14-16(13-9-5-6-10-15(13)20-14)17(19)18(2)11-7-4-8-12-18/h5-6,9-10,17H,3-4,7-8,11-12,19H2,1-2H3. The van der Waals surface area contributed by atoms with Crippen molar-refractivity contribution in [1.29, 1.82) is 0 Å². The summed E-state index contributed by atoms with van der Waals surface area (Å²) >= 11 is 0. The molecule has 1 atom stereocenters. The van der Waals surface area contributed by atoms with Gasteiger partial charge in [-0.1, -0.05) is 51.3 Å². The molecule has 0 amide bonds. The molecule has 1 unspecified atom stereocenters. The Hall–Kier alpha value is -1.28. The predicted molar refractivity (Wildman–Crippen MR) is 83.7 cm³/mol. The first-order chi connectivity index (χ1) is 9.65. The lowest BCUT2D eigenvalue weighted by Gasteiger charge is -2.39. The molecule has 1 aliphatic carbocycles. The van der Waals surface area contributed by atoms with Crippen LogP contribution in [0.2, 0.25) is 0 Å². The zero-order valence-electron chi connectivity index (χ0n) is 12.6. The van der Waals surface area contributed by atoms with Gasteiger partial charge >= 0.3 is 0 Å². The third kappa shape index (κ3) is 2.16. The fourth-order valence-electron chi connectivity index (χ4n) is 3.74. The second-order valence-electron chi connectivity index (χ2n) is 6.48. The highest BCUT2D eigenvalue weighted by Crippen LogP contribution is 2.47. The number of hydrogen-bond acceptors (Lipinski definition) is 2. The Morgan fingerprint density at radius 3 is 2.60 bits per heavy atom. The van der Waals surface area contributed by atoms with Crippen molar-refractivity contribution in [3.8, 4) is 0 Å². The summed E-state index contributed by atoms with van der Waals surface area (Å²) in [6, 6.07) is 8.40. The lowest BCUT2D eigenvalue weighted by atomic mass is 9.68. The minimum atomic E-state index is 0.0846. The van der Waals surface area contributed by atoms with E-state index in [1.165, 1.54) is 43.1 Å². The van der Waals surface area contributed by atoms with Crippen LogP contribution in [0.25, 0.3) is 11.0 Å². The number of rotatable bonds is 3. The number of nitrogens with two attached hydrogens (primary N) is 1. The summed E-state index contributed by atoms with van der Waals surface area (Å²) in [6.07, 6.45) is 7.35. The first-order valence-corrected chi connectivity index (χ1v) is 7.91. The maximum absolute atomic E-state index is 6.73. The van der Waals surface area contributed by atoms with Crippen LogP contribution in [0.15, 0.2) is 28.7 Å². The van der Waals surface area contributed by atoms with Crippen LogP contribution >= 0.6 is 0 Å². The highest BCUT2D eigenvalue weighted by atomic mass is 16.3. The van der Waals surface area contributed by atoms with E-state index >= 15 is 0 Å². The van der Waals surface area contributed by atoms with Crippen molar-refractivity contribution in [2.24, 2.45) is 11.1 Å². The first kappa shape index (κ1) is 13.7. The number of aryl methyl sites for hydroxylation is 1. The van der Waals surface area contributed by atoms with E-state index in [4.69, 9.17) is 10.2 Å². The second-order valence-corrected chi connectivity index (χ2v) is 6.48. The molecule has 108 valence electrons. The third-order valence-electron chi connectivity index (χ3n) is 5.09. The molecule has 1 saturated carbocycles. The zero-order chi connectivity index (χ0) is 14.2. The molecule has 1 aliphatic rings. The summed E-state index contributed by atoms with van der Waals surface area (Å²) in [5.74, 6) is 1.07. The van der Waals surface area contributed by atoms with Crippen molar-refractivity contribution in [3.05, 3.63) is 35.6 Å². The number of benzene rings is 1. The van der Waals surface area contributed by atoms with Crippen LogP contribution in [0.5, 0.6) is 0 Å². The Balaban J connectivity index is 2.08. The van der Waals surface area contributed by atoms with E-state index in [1.807, 2.05) is 12.1 Å². The van der Waals surface area contributed by atoms with Crippen LogP contribution in [0, 0.1) is 5.41 Å². The van der Waals surface area contributed by atoms with Crippen molar-refractivity contribution in [2.75, 3.05) is 0 Å². The van der Waals surface area contributed by atoms with E-state index in [2.05, 4.69) is 26.0 Å². The summed E-state index contributed by atoms with van der Waals surface area (Å²) in [6.45, 7) is 4.51. The smallest absolute Gasteiger partial charge is 0.134 e. The SMILES string of the molecule is CCc1oc2ccccc2c1C(N)C1(C)CCCCC1. The van der Waals surface area contributed by atoms with Crippen molar-refractivity contribution in [1.82, 2.24) is 0 Å². The minimum Gasteiger partial charge on any atom is -0.461 e. The van der Waals surface area contributed by atoms with Gasteiger partial charge in [-0.25, -0.2) is 0 Å². The molecular weight excluding hydrogens is 246 g/mol. The van der Waals surface area contributed by atoms with Crippen molar-refractivity contribution < 1.29 is 4.42 Å². The molecule has 1 aromatic carbocycles. The molecule has 0 saturated heterocycles. The van der Waals surface area contributed by atoms with Gasteiger partial charge in [0.05, 0.1) is 0 Å². The van der Waals surface area contributed by atoms with Gasteiger partial charge < -0.3 is 10.2 Å². The summed E-state index contributed by atoms with van der Waals surface area (Å²) in [5.41, 5.74) is 9.19. The number of hydrogen-bond donors (Lipinski definition) is 1. The average Bonchev–Trinajstić information content (AvgIpc) is 2.85. The average molecular weight is 271 g/mol. The predicted octanol–water partition coefficient (Wildman–Crippen LogP) is 4.97. The van der Waals surface area contributed by atoms with E-state index in [1.54, 1.807) is 0 Å². The Morgan fingerprint density at radius 2 is 1.90 bits per heavy atom. The van der Waals surface area contributed by atoms with Crippen molar-refractivity contribution in [3.63, 3.8) is 0 Å². The zero-order valence-corrected chi connectivity index (χ0v) is 12.6. The Kier molecular flexibility index (Phi) is 3.59. The minimum absolute atomic E-state index is 0.0846. The monoisotopic (exact) mass is 271 g/mol. The van der Waals surface area contributed by atoms with Gasteiger partial charge in [-0.15, -0.1) is 0 Å². The second kappa shape index (κ2) is 5.25. The molecule has 2 nitrogen and oxygen atoms in total. The van der Waals surface area contributed by atoms with Crippen LogP contribution in [0.4, 0.5) is 0 Å². The van der Waals surface area contributed by atoms with Crippen LogP contribution in [0.3, 0.4) is 0 Å². The lowest BCUT2D eigenvalue weighted by Crippen LogP contribution is -2.34. The molecule has 2 aromatic rings. The van der Waals surface area contributed by atoms with Gasteiger partial charge in [-0.2, -0.15) is 0 Å². The van der Waals surface area contributed by atoms with Crippen molar-refractivity contribution in [2.45, 2.75) is 58.4 Å². The summed E-state index contributed by atoms with van der Waals surface area (Å²) < 4.78 is 6.03. The van der Waals surface area contributed by atoms with E-state index in [0.717, 1.165) is 17.8 Å². The molecule has 0 bridgehead atoms. The molecule has 0 radical (unpaired) electrons. The van der Waals surface area contributed by atoms with E-state index in [-0.39, 0.29) is 11.5 Å². The highest BCUT2D eigenvalue weighted by Gasteiger charge is 2.36. The summed E-state index contributed by atoms with van der Waals surface area (Å²) in [4.78, 5) is 0. The van der Waals surface area contributed by atoms with Gasteiger partial charge in [-0.05, 0) is 24.3 Å². The Labute approximate surface area is 121 Å². The maximum Gasteiger partial charge on any atom is 0.134 e. The molecular formula is C18H25NO. The highest BCUT2D eigenvalue weighted by molar-refractivity contribution is 5.83. The van der Waals surface area contributed by atoms with E-state index in [0.29, 0.717) is 0 Å². The van der Waals surface area contributed by atoms with Crippen LogP contribution in [-0.2, 0) is 6.42 Å². The van der Waals surface area contributed by atoms with E-state index < -0.39 is 0 Å². The first-order valence-electron chi connectivity index (χ1n) is 7.91. The molecule has 1 fully saturated rings. The van der Waals surface area contributed by atoms with Gasteiger partial charge in [0.25, 0.3) is 0 Å². The van der Waals surface area contributed by atoms with Gasteiger partial charge in [-0.3, -0.25) is 0 Å². The quantitative estimate of drug-likeness (QED) is 0.856. The van der Waals surface area contributed by atoms with Crippen molar-refractivity contribution >= 4 is 11.0 Å². The molecule has 0 aliphatic heterocycles. The number of furan rings is 1. The van der Waals surface area contributed by atoms with Gasteiger partial charge in [0.15, 0.2) is 0 Å². The van der Waals surface area contributed by atoms with Crippen LogP contribution in [-0.4, -0.2) is 0 Å². The fourth-order valence-corrected chi connectivity index (χ4v) is 3.74. The lowest BCUT2D eigenvalue weighted by molar-refractivity contribution is 0.169. The molecule has 0 spiro atoms. The molecule has 3 rings (SSSR count). The number of fused-ring (bicyclic) bond motifs is 1. The largest absolute Gasteiger partial charge is 0.461 e. The van der Waals surface area contributed by atoms with Crippen LogP contribution in [0.1, 0.15) is 63.3 Å². The number of para-hydroxylation sites is 1. The topological polar surface area (TPSA) is 39.2 Å². The Morgan fingerprint density at radius 1 is 1.20 bits per heavy atom. The van der Waals surface area contributed by atoms with Gasteiger partial charge in [0.2, 0.25) is 0 Å². The summed E-state index contributed by atoms with van der Waals surface area (Å²) in [5, 5.41) is 1.21. The van der Waals surface area contributed by atoms with Crippen LogP contribution < -0.4 is 5.73 Å². The van der Waals surface area contributed by atoms with Gasteiger partial charge in [0.1, 0.15) is 11.3 Å². The fraction of sp³-hybridized carbons (Fsp3) is 0.556. The molecule has 20 heavy (non-hydrogen) atoms. The van der Waals surface area contributed by atoms with Gasteiger partial charge in [0, 0.05) is 23.4 Å². The normalized spacial score (nSPS) is 20.1. The Bertz CT molecular complexity index is 592. The third-order valence-corrected chi connectivity index (χ3v) is 5.09. The van der Waals surface area contributed by atoms with E-state index in [9.17, 15) is 0 Å². The molecule has 1 heterocycles. The maximum atomic E-state index is 6.73. The summed E-state index contributed by atoms with van der Waals surface area (Å²) in [7, 11) is 0. The molecule has 2 heteroatoms. The molecule has 1 aromatic heterocycles.